The van der Waals surface area contributed by atoms with Crippen LogP contribution < -0.4 is 19.1 Å². The zero-order chi connectivity index (χ0) is 26.9. The Kier molecular flexibility index (Phi) is 7.83. The minimum atomic E-state index is -3.91. The number of nitrogens with zero attached hydrogens (tertiary/aromatic N) is 2. The predicted molar refractivity (Wildman–Crippen MR) is 150 cm³/mol. The molecule has 2 aliphatic rings. The van der Waals surface area contributed by atoms with E-state index in [9.17, 15) is 13.2 Å². The van der Waals surface area contributed by atoms with Crippen LogP contribution in [0.5, 0.6) is 11.5 Å². The van der Waals surface area contributed by atoms with Gasteiger partial charge in [-0.15, -0.1) is 0 Å². The highest BCUT2D eigenvalue weighted by Gasteiger charge is 2.32. The molecule has 3 aromatic rings. The molecular weight excluding hydrogens is 594 g/mol. The van der Waals surface area contributed by atoms with Crippen molar-refractivity contribution in [2.45, 2.75) is 49.0 Å². The van der Waals surface area contributed by atoms with E-state index in [1.807, 2.05) is 18.2 Å². The monoisotopic (exact) mass is 619 g/mol. The molecule has 1 aliphatic carbocycles. The molecule has 5 rings (SSSR count). The first kappa shape index (κ1) is 26.8. The molecule has 2 fully saturated rings. The largest absolute Gasteiger partial charge is 0.493 e. The van der Waals surface area contributed by atoms with Gasteiger partial charge in [0, 0.05) is 30.8 Å². The summed E-state index contributed by atoms with van der Waals surface area (Å²) in [7, 11) is -2.29. The van der Waals surface area contributed by atoms with E-state index >= 15 is 0 Å². The molecule has 1 amide bonds. The van der Waals surface area contributed by atoms with Crippen molar-refractivity contribution in [2.24, 2.45) is 0 Å². The summed E-state index contributed by atoms with van der Waals surface area (Å²) in [6, 6.07) is 14.0. The second-order valence-corrected chi connectivity index (χ2v) is 12.3. The highest BCUT2D eigenvalue weighted by Crippen LogP contribution is 2.38. The van der Waals surface area contributed by atoms with Gasteiger partial charge in [0.2, 0.25) is 5.91 Å². The quantitative estimate of drug-likeness (QED) is 0.304. The van der Waals surface area contributed by atoms with Crippen molar-refractivity contribution in [3.63, 3.8) is 0 Å². The van der Waals surface area contributed by atoms with E-state index in [-0.39, 0.29) is 28.0 Å². The fraction of sp³-hybridized carbons (Fsp3) is 0.333. The molecule has 2 heterocycles. The standard InChI is InChI=1S/C27H27BrClN3O5S/c1-36-24-10-9-17(11-25(24)37-21-7-2-3-8-21)18-12-26(33)32(16-18)20-6-4-5-19(13-20)31-38(34,35)22-14-23(28)27(29)30-15-22/h4-6,9-11,13-15,18,21,31H,2-3,7-8,12,16H2,1H3. The molecule has 200 valence electrons. The fourth-order valence-electron chi connectivity index (χ4n) is 4.91. The molecule has 1 aromatic heterocycles. The Balaban J connectivity index is 1.33. The molecule has 0 radical (unpaired) electrons. The molecule has 2 aromatic carbocycles. The summed E-state index contributed by atoms with van der Waals surface area (Å²) in [5.74, 6) is 1.33. The zero-order valence-electron chi connectivity index (χ0n) is 20.7. The van der Waals surface area contributed by atoms with Crippen LogP contribution in [0.1, 0.15) is 43.6 Å². The number of benzene rings is 2. The molecule has 1 saturated heterocycles. The third-order valence-corrected chi connectivity index (χ3v) is 9.35. The van der Waals surface area contributed by atoms with E-state index in [4.69, 9.17) is 21.1 Å². The number of hydrogen-bond acceptors (Lipinski definition) is 6. The highest BCUT2D eigenvalue weighted by atomic mass is 79.9. The van der Waals surface area contributed by atoms with E-state index in [2.05, 4.69) is 25.6 Å². The van der Waals surface area contributed by atoms with Gasteiger partial charge in [-0.3, -0.25) is 9.52 Å². The lowest BCUT2D eigenvalue weighted by atomic mass is 9.98. The molecular formula is C27H27BrClN3O5S. The first-order valence-corrected chi connectivity index (χ1v) is 15.0. The van der Waals surface area contributed by atoms with Crippen LogP contribution >= 0.6 is 27.5 Å². The Labute approximate surface area is 235 Å². The van der Waals surface area contributed by atoms with E-state index in [0.29, 0.717) is 40.3 Å². The van der Waals surface area contributed by atoms with Crippen LogP contribution in [0.4, 0.5) is 11.4 Å². The maximum absolute atomic E-state index is 13.0. The van der Waals surface area contributed by atoms with Gasteiger partial charge >= 0.3 is 0 Å². The summed E-state index contributed by atoms with van der Waals surface area (Å²) in [5.41, 5.74) is 1.96. The maximum atomic E-state index is 13.0. The summed E-state index contributed by atoms with van der Waals surface area (Å²) in [6.07, 6.45) is 6.13. The third kappa shape index (κ3) is 5.77. The molecule has 11 heteroatoms. The first-order valence-electron chi connectivity index (χ1n) is 12.3. The molecule has 0 spiro atoms. The Morgan fingerprint density at radius 1 is 1.11 bits per heavy atom. The van der Waals surface area contributed by atoms with Crippen molar-refractivity contribution in [2.75, 3.05) is 23.3 Å². The predicted octanol–water partition coefficient (Wildman–Crippen LogP) is 6.15. The maximum Gasteiger partial charge on any atom is 0.263 e. The SMILES string of the molecule is COc1ccc(C2CC(=O)N(c3cccc(NS(=O)(=O)c4cnc(Cl)c(Br)c4)c3)C2)cc1OC1CCCC1. The van der Waals surface area contributed by atoms with Gasteiger partial charge in [0.1, 0.15) is 10.0 Å². The number of methoxy groups -OCH3 is 1. The van der Waals surface area contributed by atoms with Crippen LogP contribution in [0, 0.1) is 0 Å². The van der Waals surface area contributed by atoms with Gasteiger partial charge in [-0.2, -0.15) is 0 Å². The van der Waals surface area contributed by atoms with Crippen LogP contribution in [0.15, 0.2) is 64.1 Å². The molecule has 8 nitrogen and oxygen atoms in total. The number of carbonyl (C=O) groups excluding carboxylic acids is 1. The average molecular weight is 621 g/mol. The molecule has 38 heavy (non-hydrogen) atoms. The third-order valence-electron chi connectivity index (χ3n) is 6.87. The van der Waals surface area contributed by atoms with Crippen molar-refractivity contribution >= 4 is 54.8 Å². The van der Waals surface area contributed by atoms with Gasteiger partial charge in [-0.05, 0) is 83.6 Å². The lowest BCUT2D eigenvalue weighted by Gasteiger charge is -2.20. The second kappa shape index (κ2) is 11.1. The zero-order valence-corrected chi connectivity index (χ0v) is 23.9. The number of pyridine rings is 1. The van der Waals surface area contributed by atoms with Gasteiger partial charge < -0.3 is 14.4 Å². The molecule has 1 atom stereocenters. The summed E-state index contributed by atoms with van der Waals surface area (Å²) in [5, 5.41) is 0.169. The number of halogens is 2. The number of amides is 1. The van der Waals surface area contributed by atoms with Crippen LogP contribution in [-0.4, -0.2) is 39.1 Å². The van der Waals surface area contributed by atoms with E-state index in [1.54, 1.807) is 36.3 Å². The summed E-state index contributed by atoms with van der Waals surface area (Å²) < 4.78 is 40.5. The van der Waals surface area contributed by atoms with Gasteiger partial charge in [0.05, 0.1) is 23.4 Å². The summed E-state index contributed by atoms with van der Waals surface area (Å²) in [6.45, 7) is 0.471. The number of nitrogens with one attached hydrogen (secondary N) is 1. The van der Waals surface area contributed by atoms with Gasteiger partial charge in [-0.1, -0.05) is 23.7 Å². The van der Waals surface area contributed by atoms with Crippen LogP contribution in [0.2, 0.25) is 5.15 Å². The molecule has 1 aliphatic heterocycles. The van der Waals surface area contributed by atoms with Crippen molar-refractivity contribution in [1.29, 1.82) is 0 Å². The van der Waals surface area contributed by atoms with Crippen molar-refractivity contribution < 1.29 is 22.7 Å². The molecule has 1 unspecified atom stereocenters. The molecule has 1 N–H and O–H groups in total. The van der Waals surface area contributed by atoms with E-state index in [0.717, 1.165) is 18.4 Å². The Morgan fingerprint density at radius 2 is 1.89 bits per heavy atom. The number of ether oxygens (including phenoxy) is 2. The Morgan fingerprint density at radius 3 is 2.63 bits per heavy atom. The smallest absolute Gasteiger partial charge is 0.263 e. The Hall–Kier alpha value is -2.82. The number of hydrogen-bond donors (Lipinski definition) is 1. The van der Waals surface area contributed by atoms with Crippen LogP contribution in [0.25, 0.3) is 0 Å². The number of aromatic nitrogens is 1. The van der Waals surface area contributed by atoms with E-state index in [1.165, 1.54) is 25.1 Å². The Bertz CT molecular complexity index is 1460. The molecule has 1 saturated carbocycles. The normalized spacial score (nSPS) is 18.1. The van der Waals surface area contributed by atoms with Gasteiger partial charge in [0.25, 0.3) is 10.0 Å². The average Bonchev–Trinajstić information content (AvgIpc) is 3.55. The number of sulfonamides is 1. The first-order chi connectivity index (χ1) is 18.2. The van der Waals surface area contributed by atoms with Gasteiger partial charge in [-0.25, -0.2) is 13.4 Å². The van der Waals surface area contributed by atoms with Crippen molar-refractivity contribution in [3.05, 3.63) is 69.9 Å². The second-order valence-electron chi connectivity index (χ2n) is 9.44. The van der Waals surface area contributed by atoms with Crippen molar-refractivity contribution in [3.8, 4) is 11.5 Å². The van der Waals surface area contributed by atoms with Crippen LogP contribution in [-0.2, 0) is 14.8 Å². The summed E-state index contributed by atoms with van der Waals surface area (Å²) >= 11 is 9.09. The topological polar surface area (TPSA) is 97.8 Å². The fourth-order valence-corrected chi connectivity index (χ4v) is 6.53. The van der Waals surface area contributed by atoms with Crippen LogP contribution in [0.3, 0.4) is 0 Å². The summed E-state index contributed by atoms with van der Waals surface area (Å²) in [4.78, 5) is 18.6. The lowest BCUT2D eigenvalue weighted by molar-refractivity contribution is -0.117. The highest BCUT2D eigenvalue weighted by molar-refractivity contribution is 9.10. The number of anilines is 2. The van der Waals surface area contributed by atoms with E-state index < -0.39 is 10.0 Å². The van der Waals surface area contributed by atoms with Crippen molar-refractivity contribution in [1.82, 2.24) is 4.98 Å². The minimum Gasteiger partial charge on any atom is -0.493 e. The number of rotatable bonds is 8. The number of carbonyl (C=O) groups is 1. The lowest BCUT2D eigenvalue weighted by Crippen LogP contribution is -2.24. The minimum absolute atomic E-state index is 0.0304. The van der Waals surface area contributed by atoms with Gasteiger partial charge in [0.15, 0.2) is 11.5 Å². The molecule has 0 bridgehead atoms.